The molecule has 3 aromatic rings. The minimum Gasteiger partial charge on any atom is -0.508 e. The Morgan fingerprint density at radius 2 is 1.67 bits per heavy atom. The van der Waals surface area contributed by atoms with Gasteiger partial charge in [-0.25, -0.2) is 0 Å². The summed E-state index contributed by atoms with van der Waals surface area (Å²) in [6, 6.07) is 23.6. The number of nitrogens with zero attached hydrogens (tertiary/aromatic N) is 1. The van der Waals surface area contributed by atoms with E-state index in [1.165, 1.54) is 5.56 Å². The molecule has 1 aliphatic heterocycles. The number of aryl methyl sites for hydroxylation is 1. The molecule has 3 aromatic carbocycles. The van der Waals surface area contributed by atoms with E-state index in [0.29, 0.717) is 17.2 Å². The summed E-state index contributed by atoms with van der Waals surface area (Å²) in [6.07, 6.45) is 0.524. The summed E-state index contributed by atoms with van der Waals surface area (Å²) < 4.78 is 0. The smallest absolute Gasteiger partial charge is 0.126 e. The molecule has 0 radical (unpaired) electrons. The van der Waals surface area contributed by atoms with Crippen LogP contribution < -0.4 is 5.32 Å². The van der Waals surface area contributed by atoms with Gasteiger partial charge in [0.2, 0.25) is 0 Å². The highest BCUT2D eigenvalue weighted by Gasteiger charge is 2.27. The summed E-state index contributed by atoms with van der Waals surface area (Å²) in [5.74, 6) is 0.301. The van der Waals surface area contributed by atoms with Crippen molar-refractivity contribution in [3.8, 4) is 5.75 Å². The van der Waals surface area contributed by atoms with Crippen LogP contribution in [0, 0.1) is 6.92 Å². The van der Waals surface area contributed by atoms with Crippen LogP contribution in [0.2, 0.25) is 5.02 Å². The number of aromatic hydroxyl groups is 1. The molecule has 4 heteroatoms. The number of hydrogen-bond acceptors (Lipinski definition) is 3. The molecule has 27 heavy (non-hydrogen) atoms. The van der Waals surface area contributed by atoms with E-state index in [2.05, 4.69) is 36.5 Å². The molecule has 0 saturated carbocycles. The zero-order chi connectivity index (χ0) is 18.8. The first-order chi connectivity index (χ1) is 13.1. The first-order valence-corrected chi connectivity index (χ1v) is 9.41. The van der Waals surface area contributed by atoms with E-state index in [4.69, 9.17) is 16.6 Å². The van der Waals surface area contributed by atoms with Crippen molar-refractivity contribution in [3.05, 3.63) is 100 Å². The van der Waals surface area contributed by atoms with Crippen molar-refractivity contribution in [1.29, 1.82) is 0 Å². The van der Waals surface area contributed by atoms with E-state index in [0.717, 1.165) is 22.4 Å². The normalized spacial score (nSPS) is 19.6. The van der Waals surface area contributed by atoms with Gasteiger partial charge in [-0.05, 0) is 36.2 Å². The lowest BCUT2D eigenvalue weighted by Crippen LogP contribution is -2.33. The molecule has 0 aromatic heterocycles. The maximum Gasteiger partial charge on any atom is 0.126 e. The number of hydrogen-bond donors (Lipinski definition) is 2. The summed E-state index contributed by atoms with van der Waals surface area (Å²) in [4.78, 5) is 4.97. The largest absolute Gasteiger partial charge is 0.508 e. The molecule has 1 aliphatic rings. The molecule has 0 bridgehead atoms. The standard InChI is InChI=1S/C23H21ClN2O/c1-15-6-8-17(9-7-15)23-25-20(16-10-12-18(24)13-11-16)14-21(26-23)19-4-2-3-5-22(19)27/h2-13,21,23,26-27H,14H2,1H3/t21-,23+/m0/s1. The zero-order valence-electron chi connectivity index (χ0n) is 15.1. The van der Waals surface area contributed by atoms with Gasteiger partial charge in [-0.15, -0.1) is 0 Å². The molecule has 2 N–H and O–H groups in total. The Morgan fingerprint density at radius 1 is 0.963 bits per heavy atom. The van der Waals surface area contributed by atoms with Gasteiger partial charge in [0, 0.05) is 28.8 Å². The van der Waals surface area contributed by atoms with Crippen LogP contribution in [-0.4, -0.2) is 10.8 Å². The number of aliphatic imine (C=N–C) groups is 1. The summed E-state index contributed by atoms with van der Waals surface area (Å²) in [7, 11) is 0. The van der Waals surface area contributed by atoms with Gasteiger partial charge in [0.15, 0.2) is 0 Å². The fourth-order valence-electron chi connectivity index (χ4n) is 3.42. The van der Waals surface area contributed by atoms with Gasteiger partial charge in [0.05, 0.1) is 0 Å². The Bertz CT molecular complexity index is 964. The van der Waals surface area contributed by atoms with Crippen LogP contribution in [-0.2, 0) is 0 Å². The van der Waals surface area contributed by atoms with Gasteiger partial charge in [-0.2, -0.15) is 0 Å². The van der Waals surface area contributed by atoms with Crippen LogP contribution in [0.25, 0.3) is 0 Å². The van der Waals surface area contributed by atoms with E-state index in [1.54, 1.807) is 6.07 Å². The minimum atomic E-state index is -0.172. The van der Waals surface area contributed by atoms with Crippen molar-refractivity contribution in [3.63, 3.8) is 0 Å². The van der Waals surface area contributed by atoms with Gasteiger partial charge < -0.3 is 5.11 Å². The second-order valence-corrected chi connectivity index (χ2v) is 7.31. The molecule has 2 atom stereocenters. The van der Waals surface area contributed by atoms with Crippen LogP contribution in [0.15, 0.2) is 77.8 Å². The van der Waals surface area contributed by atoms with Crippen molar-refractivity contribution in [2.24, 2.45) is 4.99 Å². The fraction of sp³-hybridized carbons (Fsp3) is 0.174. The third kappa shape index (κ3) is 3.90. The molecule has 0 aliphatic carbocycles. The molecule has 0 spiro atoms. The summed E-state index contributed by atoms with van der Waals surface area (Å²) >= 11 is 6.05. The highest BCUT2D eigenvalue weighted by Crippen LogP contribution is 2.34. The molecular formula is C23H21ClN2O. The van der Waals surface area contributed by atoms with Crippen LogP contribution in [0.5, 0.6) is 5.75 Å². The maximum absolute atomic E-state index is 10.4. The molecule has 1 heterocycles. The minimum absolute atomic E-state index is 0.0271. The fourth-order valence-corrected chi connectivity index (χ4v) is 3.55. The number of rotatable bonds is 3. The topological polar surface area (TPSA) is 44.6 Å². The van der Waals surface area contributed by atoms with Crippen LogP contribution in [0.1, 0.15) is 40.9 Å². The molecule has 0 fully saturated rings. The Balaban J connectivity index is 1.75. The lowest BCUT2D eigenvalue weighted by atomic mass is 9.93. The van der Waals surface area contributed by atoms with E-state index < -0.39 is 0 Å². The highest BCUT2D eigenvalue weighted by molar-refractivity contribution is 6.30. The summed E-state index contributed by atoms with van der Waals surface area (Å²) in [5.41, 5.74) is 5.26. The number of para-hydroxylation sites is 1. The summed E-state index contributed by atoms with van der Waals surface area (Å²) in [6.45, 7) is 2.07. The monoisotopic (exact) mass is 376 g/mol. The van der Waals surface area contributed by atoms with E-state index in [1.807, 2.05) is 42.5 Å². The number of nitrogens with one attached hydrogen (secondary N) is 1. The van der Waals surface area contributed by atoms with E-state index in [9.17, 15) is 5.11 Å². The van der Waals surface area contributed by atoms with Gasteiger partial charge in [0.25, 0.3) is 0 Å². The van der Waals surface area contributed by atoms with Gasteiger partial charge in [0.1, 0.15) is 11.9 Å². The third-order valence-electron chi connectivity index (χ3n) is 4.92. The number of halogens is 1. The second kappa shape index (κ2) is 7.55. The third-order valence-corrected chi connectivity index (χ3v) is 5.18. The summed E-state index contributed by atoms with van der Waals surface area (Å²) in [5, 5.41) is 14.6. The number of phenolic OH excluding ortho intramolecular Hbond substituents is 1. The predicted molar refractivity (Wildman–Crippen MR) is 111 cm³/mol. The molecule has 136 valence electrons. The lowest BCUT2D eigenvalue weighted by molar-refractivity contribution is 0.412. The quantitative estimate of drug-likeness (QED) is 0.627. The Morgan fingerprint density at radius 3 is 2.37 bits per heavy atom. The number of benzene rings is 3. The average molecular weight is 377 g/mol. The van der Waals surface area contributed by atoms with Crippen molar-refractivity contribution >= 4 is 17.3 Å². The molecular weight excluding hydrogens is 356 g/mol. The SMILES string of the molecule is Cc1ccc([C@@H]2N=C(c3ccc(Cl)cc3)C[C@@H](c3ccccc3O)N2)cc1. The van der Waals surface area contributed by atoms with Crippen molar-refractivity contribution in [2.75, 3.05) is 0 Å². The van der Waals surface area contributed by atoms with E-state index in [-0.39, 0.29) is 12.2 Å². The van der Waals surface area contributed by atoms with Crippen molar-refractivity contribution in [1.82, 2.24) is 5.32 Å². The van der Waals surface area contributed by atoms with Gasteiger partial charge in [-0.1, -0.05) is 71.8 Å². The zero-order valence-corrected chi connectivity index (χ0v) is 15.8. The molecule has 0 saturated heterocycles. The van der Waals surface area contributed by atoms with E-state index >= 15 is 0 Å². The maximum atomic E-state index is 10.4. The second-order valence-electron chi connectivity index (χ2n) is 6.88. The predicted octanol–water partition coefficient (Wildman–Crippen LogP) is 5.58. The first-order valence-electron chi connectivity index (χ1n) is 9.03. The Hall–Kier alpha value is -2.62. The highest BCUT2D eigenvalue weighted by atomic mass is 35.5. The van der Waals surface area contributed by atoms with Gasteiger partial charge >= 0.3 is 0 Å². The first kappa shape index (κ1) is 17.8. The Kier molecular flexibility index (Phi) is 4.97. The van der Waals surface area contributed by atoms with Crippen molar-refractivity contribution in [2.45, 2.75) is 25.6 Å². The molecule has 3 nitrogen and oxygen atoms in total. The average Bonchev–Trinajstić information content (AvgIpc) is 2.69. The lowest BCUT2D eigenvalue weighted by Gasteiger charge is -2.31. The molecule has 4 rings (SSSR count). The van der Waals surface area contributed by atoms with Gasteiger partial charge in [-0.3, -0.25) is 10.3 Å². The van der Waals surface area contributed by atoms with Crippen LogP contribution in [0.3, 0.4) is 0 Å². The Labute approximate surface area is 164 Å². The number of phenols is 1. The van der Waals surface area contributed by atoms with Crippen LogP contribution in [0.4, 0.5) is 0 Å². The molecule has 0 unspecified atom stereocenters. The van der Waals surface area contributed by atoms with Crippen molar-refractivity contribution < 1.29 is 5.11 Å². The van der Waals surface area contributed by atoms with Crippen LogP contribution >= 0.6 is 11.6 Å². The molecule has 0 amide bonds.